The highest BCUT2D eigenvalue weighted by atomic mass is 16.5. The molecule has 3 rings (SSSR count). The number of nitrogens with one attached hydrogen (secondary N) is 1. The van der Waals surface area contributed by atoms with Crippen LogP contribution in [0.5, 0.6) is 5.75 Å². The summed E-state index contributed by atoms with van der Waals surface area (Å²) in [6.07, 6.45) is 5.37. The average molecular weight is 339 g/mol. The summed E-state index contributed by atoms with van der Waals surface area (Å²) in [5.74, 6) is 2.08. The van der Waals surface area contributed by atoms with Gasteiger partial charge in [-0.15, -0.1) is 0 Å². The van der Waals surface area contributed by atoms with E-state index in [0.717, 1.165) is 28.3 Å². The fourth-order valence-electron chi connectivity index (χ4n) is 2.63. The fourth-order valence-corrected chi connectivity index (χ4v) is 2.63. The van der Waals surface area contributed by atoms with Crippen LogP contribution in [0.1, 0.15) is 11.5 Å². The molecule has 0 unspecified atom stereocenters. The third-order valence-corrected chi connectivity index (χ3v) is 3.80. The van der Waals surface area contributed by atoms with E-state index >= 15 is 0 Å². The van der Waals surface area contributed by atoms with Crippen molar-refractivity contribution < 1.29 is 9.47 Å². The standard InChI is InChI=1S/C18H21N5O2/c1-4-16-21-13-7-10-23(12-14-15(25-3)6-5-8-19-14)17(13)18(22-16)20-9-11-24-2/h4-8,10H,1,9,11-12H2,2-3H3,(H,20,21,22). The van der Waals surface area contributed by atoms with Crippen LogP contribution in [0, 0.1) is 0 Å². The predicted octanol–water partition coefficient (Wildman–Crippen LogP) is 2.58. The first kappa shape index (κ1) is 16.9. The molecule has 0 aromatic carbocycles. The Morgan fingerprint density at radius 1 is 1.28 bits per heavy atom. The maximum atomic E-state index is 5.40. The van der Waals surface area contributed by atoms with E-state index in [1.807, 2.05) is 24.4 Å². The quantitative estimate of drug-likeness (QED) is 0.636. The summed E-state index contributed by atoms with van der Waals surface area (Å²) in [6.45, 7) is 5.56. The maximum Gasteiger partial charge on any atom is 0.154 e. The molecule has 3 heterocycles. The molecule has 7 nitrogen and oxygen atoms in total. The molecular weight excluding hydrogens is 318 g/mol. The van der Waals surface area contributed by atoms with E-state index in [1.165, 1.54) is 0 Å². The number of hydrogen-bond donors (Lipinski definition) is 1. The third-order valence-electron chi connectivity index (χ3n) is 3.80. The molecule has 0 bridgehead atoms. The van der Waals surface area contributed by atoms with Gasteiger partial charge in [-0.05, 0) is 24.3 Å². The van der Waals surface area contributed by atoms with Crippen molar-refractivity contribution in [1.29, 1.82) is 0 Å². The van der Waals surface area contributed by atoms with Gasteiger partial charge >= 0.3 is 0 Å². The van der Waals surface area contributed by atoms with E-state index in [4.69, 9.17) is 9.47 Å². The summed E-state index contributed by atoms with van der Waals surface area (Å²) in [6, 6.07) is 5.71. The molecule has 0 fully saturated rings. The molecule has 0 saturated heterocycles. The van der Waals surface area contributed by atoms with Gasteiger partial charge in [0.15, 0.2) is 11.6 Å². The van der Waals surface area contributed by atoms with Gasteiger partial charge in [0.1, 0.15) is 17.0 Å². The van der Waals surface area contributed by atoms with E-state index in [-0.39, 0.29) is 0 Å². The molecule has 0 saturated carbocycles. The van der Waals surface area contributed by atoms with Crippen LogP contribution in [0.25, 0.3) is 17.1 Å². The van der Waals surface area contributed by atoms with Crippen LogP contribution in [-0.4, -0.2) is 46.9 Å². The molecule has 0 aliphatic heterocycles. The van der Waals surface area contributed by atoms with E-state index in [9.17, 15) is 0 Å². The van der Waals surface area contributed by atoms with Crippen molar-refractivity contribution in [2.45, 2.75) is 6.54 Å². The molecule has 130 valence electrons. The predicted molar refractivity (Wildman–Crippen MR) is 97.9 cm³/mol. The van der Waals surface area contributed by atoms with E-state index < -0.39 is 0 Å². The molecule has 7 heteroatoms. The normalized spacial score (nSPS) is 10.8. The summed E-state index contributed by atoms with van der Waals surface area (Å²) in [4.78, 5) is 13.5. The van der Waals surface area contributed by atoms with E-state index in [2.05, 4.69) is 31.4 Å². The monoisotopic (exact) mass is 339 g/mol. The second kappa shape index (κ2) is 7.76. The van der Waals surface area contributed by atoms with Crippen LogP contribution >= 0.6 is 0 Å². The summed E-state index contributed by atoms with van der Waals surface area (Å²) in [7, 11) is 3.31. The lowest BCUT2D eigenvalue weighted by Gasteiger charge is -2.12. The Labute approximate surface area is 146 Å². The first-order valence-corrected chi connectivity index (χ1v) is 7.96. The first-order valence-electron chi connectivity index (χ1n) is 7.96. The highest BCUT2D eigenvalue weighted by Crippen LogP contribution is 2.25. The van der Waals surface area contributed by atoms with Crippen LogP contribution in [0.15, 0.2) is 37.2 Å². The number of pyridine rings is 1. The third kappa shape index (κ3) is 3.61. The van der Waals surface area contributed by atoms with Crippen LogP contribution in [-0.2, 0) is 11.3 Å². The van der Waals surface area contributed by atoms with Crippen molar-refractivity contribution in [3.63, 3.8) is 0 Å². The van der Waals surface area contributed by atoms with E-state index in [1.54, 1.807) is 26.5 Å². The Morgan fingerprint density at radius 3 is 2.92 bits per heavy atom. The molecule has 0 atom stereocenters. The Kier molecular flexibility index (Phi) is 5.25. The molecule has 3 aromatic rings. The van der Waals surface area contributed by atoms with Crippen molar-refractivity contribution in [2.24, 2.45) is 0 Å². The molecular formula is C18H21N5O2. The Morgan fingerprint density at radius 2 is 2.16 bits per heavy atom. The van der Waals surface area contributed by atoms with Gasteiger partial charge in [0.25, 0.3) is 0 Å². The molecule has 0 spiro atoms. The molecule has 0 radical (unpaired) electrons. The minimum Gasteiger partial charge on any atom is -0.495 e. The van der Waals surface area contributed by atoms with Gasteiger partial charge in [-0.1, -0.05) is 6.58 Å². The van der Waals surface area contributed by atoms with Crippen molar-refractivity contribution in [3.05, 3.63) is 48.7 Å². The van der Waals surface area contributed by atoms with Crippen molar-refractivity contribution in [1.82, 2.24) is 19.5 Å². The second-order valence-corrected chi connectivity index (χ2v) is 5.38. The molecule has 0 aliphatic carbocycles. The van der Waals surface area contributed by atoms with Gasteiger partial charge < -0.3 is 19.4 Å². The number of aromatic nitrogens is 4. The van der Waals surface area contributed by atoms with Crippen LogP contribution in [0.2, 0.25) is 0 Å². The first-order chi connectivity index (χ1) is 12.3. The number of anilines is 1. The number of nitrogens with zero attached hydrogens (tertiary/aromatic N) is 4. The fraction of sp³-hybridized carbons (Fsp3) is 0.278. The lowest BCUT2D eigenvalue weighted by atomic mass is 10.3. The van der Waals surface area contributed by atoms with Crippen molar-refractivity contribution in [2.75, 3.05) is 32.7 Å². The zero-order valence-electron chi connectivity index (χ0n) is 14.4. The number of rotatable bonds is 8. The summed E-state index contributed by atoms with van der Waals surface area (Å²) >= 11 is 0. The Bertz CT molecular complexity index is 875. The largest absolute Gasteiger partial charge is 0.495 e. The number of methoxy groups -OCH3 is 2. The van der Waals surface area contributed by atoms with Gasteiger partial charge in [-0.2, -0.15) is 0 Å². The molecule has 25 heavy (non-hydrogen) atoms. The van der Waals surface area contributed by atoms with Crippen LogP contribution in [0.3, 0.4) is 0 Å². The lowest BCUT2D eigenvalue weighted by molar-refractivity contribution is 0.210. The van der Waals surface area contributed by atoms with E-state index in [0.29, 0.717) is 25.5 Å². The Hall–Kier alpha value is -2.93. The summed E-state index contributed by atoms with van der Waals surface area (Å²) < 4.78 is 12.6. The second-order valence-electron chi connectivity index (χ2n) is 5.38. The summed E-state index contributed by atoms with van der Waals surface area (Å²) in [5.41, 5.74) is 2.60. The smallest absolute Gasteiger partial charge is 0.154 e. The zero-order chi connectivity index (χ0) is 17.6. The number of hydrogen-bond acceptors (Lipinski definition) is 6. The molecule has 0 amide bonds. The van der Waals surface area contributed by atoms with Gasteiger partial charge in [0.2, 0.25) is 0 Å². The summed E-state index contributed by atoms with van der Waals surface area (Å²) in [5, 5.41) is 3.31. The highest BCUT2D eigenvalue weighted by molar-refractivity contribution is 5.87. The number of fused-ring (bicyclic) bond motifs is 1. The number of ether oxygens (including phenoxy) is 2. The SMILES string of the molecule is C=Cc1nc(NCCOC)c2c(ccn2Cc2ncccc2OC)n1. The van der Waals surface area contributed by atoms with Gasteiger partial charge in [-0.3, -0.25) is 4.98 Å². The molecule has 0 aliphatic rings. The maximum absolute atomic E-state index is 5.40. The molecule has 3 aromatic heterocycles. The highest BCUT2D eigenvalue weighted by Gasteiger charge is 2.13. The van der Waals surface area contributed by atoms with Crippen LogP contribution < -0.4 is 10.1 Å². The minimum absolute atomic E-state index is 0.559. The molecule has 1 N–H and O–H groups in total. The van der Waals surface area contributed by atoms with Crippen molar-refractivity contribution in [3.8, 4) is 5.75 Å². The average Bonchev–Trinajstić information content (AvgIpc) is 3.05. The zero-order valence-corrected chi connectivity index (χ0v) is 14.4. The minimum atomic E-state index is 0.559. The Balaban J connectivity index is 2.02. The van der Waals surface area contributed by atoms with Crippen LogP contribution in [0.4, 0.5) is 5.82 Å². The van der Waals surface area contributed by atoms with Gasteiger partial charge in [0.05, 0.1) is 25.8 Å². The van der Waals surface area contributed by atoms with Gasteiger partial charge in [0, 0.05) is 26.0 Å². The topological polar surface area (TPSA) is 74.1 Å². The lowest BCUT2D eigenvalue weighted by Crippen LogP contribution is -2.12. The van der Waals surface area contributed by atoms with Crippen molar-refractivity contribution >= 4 is 22.9 Å². The van der Waals surface area contributed by atoms with Gasteiger partial charge in [-0.25, -0.2) is 9.97 Å².